The standard InChI is InChI=1S/C17H12ClN3O.ClH/c1-22-14-5-6-16-15(8-14)17(11(9-19)10-20-16)21-13-4-2-3-12(18)7-13;/h2-8,10H,1H3,(H,20,21);1H. The van der Waals surface area contributed by atoms with Crippen LogP contribution in [0.1, 0.15) is 5.56 Å². The van der Waals surface area contributed by atoms with Gasteiger partial charge in [-0.25, -0.2) is 0 Å². The Morgan fingerprint density at radius 1 is 1.22 bits per heavy atom. The molecule has 0 radical (unpaired) electrons. The van der Waals surface area contributed by atoms with E-state index in [4.69, 9.17) is 16.3 Å². The molecular weight excluding hydrogens is 333 g/mol. The van der Waals surface area contributed by atoms with Gasteiger partial charge in [0.1, 0.15) is 11.8 Å². The van der Waals surface area contributed by atoms with Crippen LogP contribution in [-0.2, 0) is 0 Å². The molecule has 0 atom stereocenters. The van der Waals surface area contributed by atoms with E-state index in [-0.39, 0.29) is 12.4 Å². The number of fused-ring (bicyclic) bond motifs is 1. The van der Waals surface area contributed by atoms with Gasteiger partial charge in [0.25, 0.3) is 0 Å². The second-order valence-corrected chi connectivity index (χ2v) is 5.11. The highest BCUT2D eigenvalue weighted by atomic mass is 35.5. The summed E-state index contributed by atoms with van der Waals surface area (Å²) in [5.74, 6) is 0.707. The maximum absolute atomic E-state index is 9.35. The molecule has 4 nitrogen and oxygen atoms in total. The summed E-state index contributed by atoms with van der Waals surface area (Å²) < 4.78 is 5.26. The van der Waals surface area contributed by atoms with E-state index in [1.165, 1.54) is 0 Å². The molecule has 1 heterocycles. The maximum Gasteiger partial charge on any atom is 0.119 e. The number of aromatic nitrogens is 1. The van der Waals surface area contributed by atoms with Crippen LogP contribution in [0, 0.1) is 11.3 Å². The lowest BCUT2D eigenvalue weighted by Gasteiger charge is -2.12. The van der Waals surface area contributed by atoms with Gasteiger partial charge in [-0.05, 0) is 36.4 Å². The Hall–Kier alpha value is -2.48. The number of anilines is 2. The Kier molecular flexibility index (Phi) is 5.28. The maximum atomic E-state index is 9.35. The van der Waals surface area contributed by atoms with Gasteiger partial charge in [0.2, 0.25) is 0 Å². The van der Waals surface area contributed by atoms with E-state index in [1.54, 1.807) is 25.4 Å². The third-order valence-electron chi connectivity index (χ3n) is 3.29. The molecule has 0 aliphatic rings. The lowest BCUT2D eigenvalue weighted by atomic mass is 10.1. The SMILES string of the molecule is COc1ccc2ncc(C#N)c(Nc3cccc(Cl)c3)c2c1.Cl. The Balaban J connectivity index is 0.00000192. The normalized spacial score (nSPS) is 9.78. The average molecular weight is 346 g/mol. The number of hydrogen-bond acceptors (Lipinski definition) is 4. The summed E-state index contributed by atoms with van der Waals surface area (Å²) in [6, 6.07) is 15.1. The molecule has 0 saturated heterocycles. The molecule has 6 heteroatoms. The first-order valence-electron chi connectivity index (χ1n) is 6.60. The summed E-state index contributed by atoms with van der Waals surface area (Å²) in [4.78, 5) is 4.30. The minimum absolute atomic E-state index is 0. The van der Waals surface area contributed by atoms with Crippen LogP contribution in [0.2, 0.25) is 5.02 Å². The van der Waals surface area contributed by atoms with Crippen LogP contribution in [0.3, 0.4) is 0 Å². The van der Waals surface area contributed by atoms with E-state index >= 15 is 0 Å². The Morgan fingerprint density at radius 3 is 2.74 bits per heavy atom. The molecular formula is C17H13Cl2N3O. The van der Waals surface area contributed by atoms with Crippen molar-refractivity contribution < 1.29 is 4.74 Å². The fourth-order valence-corrected chi connectivity index (χ4v) is 2.42. The fourth-order valence-electron chi connectivity index (χ4n) is 2.23. The van der Waals surface area contributed by atoms with Gasteiger partial charge in [0.05, 0.1) is 23.9 Å². The molecule has 1 aromatic heterocycles. The van der Waals surface area contributed by atoms with E-state index in [1.807, 2.05) is 30.3 Å². The molecule has 0 aliphatic carbocycles. The molecule has 23 heavy (non-hydrogen) atoms. The first kappa shape index (κ1) is 16.9. The van der Waals surface area contributed by atoms with Crippen molar-refractivity contribution in [3.05, 3.63) is 59.2 Å². The van der Waals surface area contributed by atoms with Crippen molar-refractivity contribution in [3.8, 4) is 11.8 Å². The Bertz CT molecular complexity index is 891. The van der Waals surface area contributed by atoms with Crippen LogP contribution in [0.25, 0.3) is 10.9 Å². The van der Waals surface area contributed by atoms with Crippen LogP contribution in [-0.4, -0.2) is 12.1 Å². The van der Waals surface area contributed by atoms with Crippen molar-refractivity contribution in [3.63, 3.8) is 0 Å². The zero-order valence-corrected chi connectivity index (χ0v) is 13.8. The lowest BCUT2D eigenvalue weighted by Crippen LogP contribution is -1.97. The molecule has 1 N–H and O–H groups in total. The molecule has 0 bridgehead atoms. The fraction of sp³-hybridized carbons (Fsp3) is 0.0588. The predicted molar refractivity (Wildman–Crippen MR) is 95.0 cm³/mol. The van der Waals surface area contributed by atoms with Crippen LogP contribution in [0.5, 0.6) is 5.75 Å². The first-order valence-corrected chi connectivity index (χ1v) is 6.98. The van der Waals surface area contributed by atoms with Gasteiger partial charge < -0.3 is 10.1 Å². The van der Waals surface area contributed by atoms with Crippen molar-refractivity contribution in [2.45, 2.75) is 0 Å². The smallest absolute Gasteiger partial charge is 0.119 e. The van der Waals surface area contributed by atoms with Gasteiger partial charge in [0, 0.05) is 22.3 Å². The zero-order chi connectivity index (χ0) is 15.5. The van der Waals surface area contributed by atoms with Crippen LogP contribution < -0.4 is 10.1 Å². The Morgan fingerprint density at radius 2 is 2.04 bits per heavy atom. The van der Waals surface area contributed by atoms with Gasteiger partial charge >= 0.3 is 0 Å². The van der Waals surface area contributed by atoms with Gasteiger partial charge in [-0.15, -0.1) is 12.4 Å². The average Bonchev–Trinajstić information content (AvgIpc) is 2.55. The summed E-state index contributed by atoms with van der Waals surface area (Å²) in [7, 11) is 1.60. The van der Waals surface area contributed by atoms with E-state index in [0.29, 0.717) is 22.0 Å². The van der Waals surface area contributed by atoms with E-state index in [0.717, 1.165) is 16.6 Å². The molecule has 0 amide bonds. The van der Waals surface area contributed by atoms with Crippen LogP contribution in [0.4, 0.5) is 11.4 Å². The number of nitriles is 1. The van der Waals surface area contributed by atoms with Crippen molar-refractivity contribution in [1.29, 1.82) is 5.26 Å². The van der Waals surface area contributed by atoms with Gasteiger partial charge in [-0.3, -0.25) is 4.98 Å². The van der Waals surface area contributed by atoms with Gasteiger partial charge in [-0.2, -0.15) is 5.26 Å². The van der Waals surface area contributed by atoms with E-state index < -0.39 is 0 Å². The van der Waals surface area contributed by atoms with Gasteiger partial charge in [-0.1, -0.05) is 17.7 Å². The van der Waals surface area contributed by atoms with Crippen molar-refractivity contribution in [1.82, 2.24) is 4.98 Å². The highest BCUT2D eigenvalue weighted by Gasteiger charge is 2.10. The number of ether oxygens (including phenoxy) is 1. The largest absolute Gasteiger partial charge is 0.497 e. The minimum atomic E-state index is 0. The zero-order valence-electron chi connectivity index (χ0n) is 12.2. The number of nitrogens with one attached hydrogen (secondary N) is 1. The quantitative estimate of drug-likeness (QED) is 0.730. The number of pyridine rings is 1. The summed E-state index contributed by atoms with van der Waals surface area (Å²) in [6.45, 7) is 0. The molecule has 3 aromatic rings. The third kappa shape index (κ3) is 3.48. The second-order valence-electron chi connectivity index (χ2n) is 4.68. The van der Waals surface area contributed by atoms with E-state index in [2.05, 4.69) is 16.4 Å². The van der Waals surface area contributed by atoms with Gasteiger partial charge in [0.15, 0.2) is 0 Å². The molecule has 0 aliphatic heterocycles. The number of rotatable bonds is 3. The predicted octanol–water partition coefficient (Wildman–Crippen LogP) is 4.93. The van der Waals surface area contributed by atoms with E-state index in [9.17, 15) is 5.26 Å². The molecule has 2 aromatic carbocycles. The minimum Gasteiger partial charge on any atom is -0.497 e. The third-order valence-corrected chi connectivity index (χ3v) is 3.52. The summed E-state index contributed by atoms with van der Waals surface area (Å²) in [5, 5.41) is 14.0. The van der Waals surface area contributed by atoms with Crippen LogP contribution in [0.15, 0.2) is 48.7 Å². The Labute approximate surface area is 145 Å². The molecule has 0 unspecified atom stereocenters. The molecule has 0 spiro atoms. The summed E-state index contributed by atoms with van der Waals surface area (Å²) >= 11 is 6.01. The number of methoxy groups -OCH3 is 1. The van der Waals surface area contributed by atoms with Crippen molar-refractivity contribution >= 4 is 46.3 Å². The monoisotopic (exact) mass is 345 g/mol. The lowest BCUT2D eigenvalue weighted by molar-refractivity contribution is 0.415. The molecule has 0 fully saturated rings. The highest BCUT2D eigenvalue weighted by molar-refractivity contribution is 6.30. The summed E-state index contributed by atoms with van der Waals surface area (Å²) in [5.41, 5.74) is 2.73. The van der Waals surface area contributed by atoms with Crippen molar-refractivity contribution in [2.75, 3.05) is 12.4 Å². The number of hydrogen-bond donors (Lipinski definition) is 1. The topological polar surface area (TPSA) is 57.9 Å². The first-order chi connectivity index (χ1) is 10.7. The van der Waals surface area contributed by atoms with Crippen molar-refractivity contribution in [2.24, 2.45) is 0 Å². The molecule has 116 valence electrons. The second kappa shape index (κ2) is 7.19. The summed E-state index contributed by atoms with van der Waals surface area (Å²) in [6.07, 6.45) is 1.56. The number of benzene rings is 2. The molecule has 0 saturated carbocycles. The number of nitrogens with zero attached hydrogens (tertiary/aromatic N) is 2. The highest BCUT2D eigenvalue weighted by Crippen LogP contribution is 2.31. The van der Waals surface area contributed by atoms with Crippen LogP contribution >= 0.6 is 24.0 Å². The molecule has 3 rings (SSSR count). The number of halogens is 2.